The van der Waals surface area contributed by atoms with Crippen LogP contribution in [-0.4, -0.2) is 63.6 Å². The second-order valence-electron chi connectivity index (χ2n) is 7.18. The van der Waals surface area contributed by atoms with E-state index in [9.17, 15) is 9.18 Å². The summed E-state index contributed by atoms with van der Waals surface area (Å²) in [6, 6.07) is 11.9. The first-order valence-corrected chi connectivity index (χ1v) is 9.79. The molecule has 2 aromatic heterocycles. The first-order chi connectivity index (χ1) is 14.5. The fourth-order valence-corrected chi connectivity index (χ4v) is 3.44. The summed E-state index contributed by atoms with van der Waals surface area (Å²) >= 11 is 0. The molecule has 1 saturated heterocycles. The van der Waals surface area contributed by atoms with Gasteiger partial charge in [0.05, 0.1) is 5.69 Å². The van der Waals surface area contributed by atoms with Crippen LogP contribution in [0.15, 0.2) is 42.5 Å². The number of carbonyl (C=O) groups is 1. The summed E-state index contributed by atoms with van der Waals surface area (Å²) < 4.78 is 20.7. The van der Waals surface area contributed by atoms with Gasteiger partial charge in [0, 0.05) is 31.9 Å². The summed E-state index contributed by atoms with van der Waals surface area (Å²) in [4.78, 5) is 16.2. The molecule has 1 aromatic carbocycles. The Morgan fingerprint density at radius 3 is 2.37 bits per heavy atom. The minimum atomic E-state index is -0.474. The van der Waals surface area contributed by atoms with Crippen LogP contribution in [0.1, 0.15) is 11.4 Å². The van der Waals surface area contributed by atoms with Crippen LogP contribution >= 0.6 is 0 Å². The smallest absolute Gasteiger partial charge is 0.260 e. The third kappa shape index (κ3) is 4.24. The number of para-hydroxylation sites is 1. The summed E-state index contributed by atoms with van der Waals surface area (Å²) in [5, 5.41) is 13.0. The maximum absolute atomic E-state index is 13.6. The fraction of sp³-hybridized carbons (Fsp3) is 0.333. The molecule has 9 heteroatoms. The van der Waals surface area contributed by atoms with Gasteiger partial charge in [-0.15, -0.1) is 10.2 Å². The van der Waals surface area contributed by atoms with Gasteiger partial charge in [0.2, 0.25) is 0 Å². The van der Waals surface area contributed by atoms with Crippen LogP contribution in [0.5, 0.6) is 5.75 Å². The molecule has 1 fully saturated rings. The Labute approximate surface area is 173 Å². The predicted octanol–water partition coefficient (Wildman–Crippen LogP) is 2.15. The van der Waals surface area contributed by atoms with E-state index in [1.165, 1.54) is 12.1 Å². The van der Waals surface area contributed by atoms with E-state index < -0.39 is 5.82 Å². The number of halogens is 1. The van der Waals surface area contributed by atoms with Crippen molar-refractivity contribution in [1.29, 1.82) is 0 Å². The van der Waals surface area contributed by atoms with Crippen LogP contribution < -0.4 is 9.64 Å². The second kappa shape index (κ2) is 8.48. The van der Waals surface area contributed by atoms with Gasteiger partial charge >= 0.3 is 0 Å². The molecule has 1 aliphatic rings. The van der Waals surface area contributed by atoms with Crippen molar-refractivity contribution in [3.05, 3.63) is 59.7 Å². The third-order valence-corrected chi connectivity index (χ3v) is 5.01. The van der Waals surface area contributed by atoms with Crippen molar-refractivity contribution in [3.63, 3.8) is 0 Å². The van der Waals surface area contributed by atoms with Gasteiger partial charge in [-0.25, -0.2) is 9.07 Å². The monoisotopic (exact) mass is 410 g/mol. The molecule has 1 aliphatic heterocycles. The van der Waals surface area contributed by atoms with Gasteiger partial charge in [-0.3, -0.25) is 4.79 Å². The quantitative estimate of drug-likeness (QED) is 0.642. The molecule has 4 rings (SSSR count). The molecule has 0 unspecified atom stereocenters. The molecule has 0 atom stereocenters. The van der Waals surface area contributed by atoms with Crippen LogP contribution in [0.2, 0.25) is 0 Å². The number of nitrogens with zero attached hydrogens (tertiary/aromatic N) is 6. The number of ether oxygens (including phenoxy) is 1. The molecule has 8 nitrogen and oxygen atoms in total. The SMILES string of the molecule is Cc1cc(C)n(-c2ccc(N3CCN(C(=O)COc4ccccc4F)CC3)nn2)n1. The summed E-state index contributed by atoms with van der Waals surface area (Å²) in [5.74, 6) is 0.877. The first-order valence-electron chi connectivity index (χ1n) is 9.79. The van der Waals surface area contributed by atoms with E-state index in [2.05, 4.69) is 20.2 Å². The zero-order chi connectivity index (χ0) is 21.1. The summed E-state index contributed by atoms with van der Waals surface area (Å²) in [6.07, 6.45) is 0. The van der Waals surface area contributed by atoms with E-state index in [-0.39, 0.29) is 18.3 Å². The maximum atomic E-state index is 13.6. The summed E-state index contributed by atoms with van der Waals surface area (Å²) in [5.41, 5.74) is 1.93. The Balaban J connectivity index is 1.31. The minimum Gasteiger partial charge on any atom is -0.481 e. The molecule has 156 valence electrons. The van der Waals surface area contributed by atoms with Gasteiger partial charge in [0.25, 0.3) is 5.91 Å². The van der Waals surface area contributed by atoms with E-state index in [4.69, 9.17) is 4.74 Å². The van der Waals surface area contributed by atoms with E-state index >= 15 is 0 Å². The molecule has 0 saturated carbocycles. The zero-order valence-corrected chi connectivity index (χ0v) is 17.0. The van der Waals surface area contributed by atoms with E-state index in [1.807, 2.05) is 32.0 Å². The van der Waals surface area contributed by atoms with Crippen molar-refractivity contribution in [2.75, 3.05) is 37.7 Å². The molecular formula is C21H23FN6O2. The Morgan fingerprint density at radius 2 is 1.73 bits per heavy atom. The average molecular weight is 410 g/mol. The Morgan fingerprint density at radius 1 is 1.03 bits per heavy atom. The van der Waals surface area contributed by atoms with Gasteiger partial charge in [-0.05, 0) is 44.2 Å². The summed E-state index contributed by atoms with van der Waals surface area (Å²) in [6.45, 7) is 6.09. The van der Waals surface area contributed by atoms with Crippen LogP contribution in [0.3, 0.4) is 0 Å². The largest absolute Gasteiger partial charge is 0.481 e. The number of piperazine rings is 1. The van der Waals surface area contributed by atoms with Crippen LogP contribution in [0, 0.1) is 19.7 Å². The number of carbonyl (C=O) groups excluding carboxylic acids is 1. The Hall–Kier alpha value is -3.49. The van der Waals surface area contributed by atoms with Gasteiger partial charge in [-0.2, -0.15) is 5.10 Å². The minimum absolute atomic E-state index is 0.0856. The lowest BCUT2D eigenvalue weighted by molar-refractivity contribution is -0.133. The third-order valence-electron chi connectivity index (χ3n) is 5.01. The van der Waals surface area contributed by atoms with E-state index in [0.29, 0.717) is 32.0 Å². The van der Waals surface area contributed by atoms with Gasteiger partial charge in [0.1, 0.15) is 0 Å². The molecule has 1 amide bonds. The van der Waals surface area contributed by atoms with E-state index in [1.54, 1.807) is 21.7 Å². The van der Waals surface area contributed by atoms with Crippen molar-refractivity contribution in [2.45, 2.75) is 13.8 Å². The molecule has 0 aliphatic carbocycles. The molecule has 0 bridgehead atoms. The highest BCUT2D eigenvalue weighted by atomic mass is 19.1. The average Bonchev–Trinajstić information content (AvgIpc) is 3.11. The topological polar surface area (TPSA) is 76.4 Å². The van der Waals surface area contributed by atoms with Crippen molar-refractivity contribution >= 4 is 11.7 Å². The lowest BCUT2D eigenvalue weighted by atomic mass is 10.3. The highest BCUT2D eigenvalue weighted by molar-refractivity contribution is 5.78. The highest BCUT2D eigenvalue weighted by Crippen LogP contribution is 2.17. The number of anilines is 1. The van der Waals surface area contributed by atoms with Crippen molar-refractivity contribution in [2.24, 2.45) is 0 Å². The standard InChI is InChI=1S/C21H23FN6O2/c1-15-13-16(2)28(25-15)20-8-7-19(23-24-20)26-9-11-27(12-10-26)21(29)14-30-18-6-4-3-5-17(18)22/h3-8,13H,9-12,14H2,1-2H3. The first kappa shape index (κ1) is 19.8. The molecule has 0 spiro atoms. The van der Waals surface area contributed by atoms with Gasteiger partial charge in [-0.1, -0.05) is 12.1 Å². The summed E-state index contributed by atoms with van der Waals surface area (Å²) in [7, 11) is 0. The van der Waals surface area contributed by atoms with Crippen molar-refractivity contribution in [1.82, 2.24) is 24.9 Å². The van der Waals surface area contributed by atoms with Crippen LogP contribution in [0.25, 0.3) is 5.82 Å². The lowest BCUT2D eigenvalue weighted by Crippen LogP contribution is -2.50. The number of benzene rings is 1. The zero-order valence-electron chi connectivity index (χ0n) is 17.0. The van der Waals surface area contributed by atoms with Crippen molar-refractivity contribution in [3.8, 4) is 11.6 Å². The Bertz CT molecular complexity index is 1030. The number of aromatic nitrogens is 4. The molecular weight excluding hydrogens is 387 g/mol. The highest BCUT2D eigenvalue weighted by Gasteiger charge is 2.23. The van der Waals surface area contributed by atoms with E-state index in [0.717, 1.165) is 17.2 Å². The Kier molecular flexibility index (Phi) is 5.60. The van der Waals surface area contributed by atoms with Gasteiger partial charge in [0.15, 0.2) is 29.8 Å². The molecule has 3 aromatic rings. The normalized spacial score (nSPS) is 14.1. The number of amides is 1. The van der Waals surface area contributed by atoms with Crippen LogP contribution in [0.4, 0.5) is 10.2 Å². The van der Waals surface area contributed by atoms with Crippen molar-refractivity contribution < 1.29 is 13.9 Å². The number of hydrogen-bond donors (Lipinski definition) is 0. The predicted molar refractivity (Wildman–Crippen MR) is 109 cm³/mol. The number of aryl methyl sites for hydroxylation is 2. The lowest BCUT2D eigenvalue weighted by Gasteiger charge is -2.35. The molecule has 0 radical (unpaired) electrons. The molecule has 0 N–H and O–H groups in total. The maximum Gasteiger partial charge on any atom is 0.260 e. The fourth-order valence-electron chi connectivity index (χ4n) is 3.44. The number of rotatable bonds is 5. The second-order valence-corrected chi connectivity index (χ2v) is 7.18. The molecule has 30 heavy (non-hydrogen) atoms. The van der Waals surface area contributed by atoms with Crippen LogP contribution in [-0.2, 0) is 4.79 Å². The van der Waals surface area contributed by atoms with Gasteiger partial charge < -0.3 is 14.5 Å². The number of hydrogen-bond acceptors (Lipinski definition) is 6. The molecule has 3 heterocycles.